The first kappa shape index (κ1) is 23.0. The Balaban J connectivity index is 0.00000338. The number of hydrogen-bond donors (Lipinski definition) is 2. The van der Waals surface area contributed by atoms with Gasteiger partial charge in [0.25, 0.3) is 0 Å². The van der Waals surface area contributed by atoms with Crippen molar-refractivity contribution in [3.63, 3.8) is 0 Å². The van der Waals surface area contributed by atoms with Crippen molar-refractivity contribution in [2.45, 2.75) is 20.3 Å². The van der Waals surface area contributed by atoms with E-state index in [1.165, 1.54) is 5.56 Å². The number of rotatable bonds is 9. The molecule has 0 aromatic heterocycles. The summed E-state index contributed by atoms with van der Waals surface area (Å²) in [5, 5.41) is 6.69. The highest BCUT2D eigenvalue weighted by molar-refractivity contribution is 14.0. The molecule has 1 heterocycles. The van der Waals surface area contributed by atoms with Gasteiger partial charge in [0.2, 0.25) is 0 Å². The molecule has 0 saturated carbocycles. The van der Waals surface area contributed by atoms with E-state index in [9.17, 15) is 0 Å². The molecule has 1 aliphatic heterocycles. The van der Waals surface area contributed by atoms with Gasteiger partial charge in [-0.1, -0.05) is 18.2 Å². The van der Waals surface area contributed by atoms with Gasteiger partial charge in [-0.05, 0) is 25.5 Å². The van der Waals surface area contributed by atoms with Crippen LogP contribution in [0.5, 0.6) is 5.75 Å². The van der Waals surface area contributed by atoms with Crippen molar-refractivity contribution in [3.05, 3.63) is 29.8 Å². The van der Waals surface area contributed by atoms with Gasteiger partial charge in [0.05, 0.1) is 19.8 Å². The van der Waals surface area contributed by atoms with Gasteiger partial charge >= 0.3 is 0 Å². The quantitative estimate of drug-likeness (QED) is 0.248. The van der Waals surface area contributed by atoms with Crippen LogP contribution in [0, 0.1) is 6.92 Å². The SMILES string of the molecule is CCNC(=NCCCOc1ccccc1C)NCCN1CCOCC1.I. The normalized spacial score (nSPS) is 15.2. The van der Waals surface area contributed by atoms with Crippen molar-refractivity contribution < 1.29 is 9.47 Å². The molecule has 0 aliphatic carbocycles. The lowest BCUT2D eigenvalue weighted by atomic mass is 10.2. The molecular formula is C19H33IN4O2. The molecule has 0 bridgehead atoms. The fourth-order valence-corrected chi connectivity index (χ4v) is 2.65. The first-order valence-corrected chi connectivity index (χ1v) is 9.30. The van der Waals surface area contributed by atoms with Crippen LogP contribution in [0.1, 0.15) is 18.9 Å². The molecule has 0 spiro atoms. The minimum Gasteiger partial charge on any atom is -0.493 e. The standard InChI is InChI=1S/C19H32N4O2.HI/c1-3-20-19(22-10-11-23-12-15-24-16-13-23)21-9-6-14-25-18-8-5-4-7-17(18)2;/h4-5,7-8H,3,6,9-16H2,1-2H3,(H2,20,21,22);1H. The fraction of sp³-hybridized carbons (Fsp3) is 0.632. The molecule has 26 heavy (non-hydrogen) atoms. The number of halogens is 1. The van der Waals surface area contributed by atoms with Crippen LogP contribution in [0.15, 0.2) is 29.3 Å². The number of nitrogens with zero attached hydrogens (tertiary/aromatic N) is 2. The van der Waals surface area contributed by atoms with E-state index in [-0.39, 0.29) is 24.0 Å². The summed E-state index contributed by atoms with van der Waals surface area (Å²) in [5.41, 5.74) is 1.17. The Hall–Kier alpha value is -1.06. The zero-order chi connectivity index (χ0) is 17.7. The first-order valence-electron chi connectivity index (χ1n) is 9.30. The smallest absolute Gasteiger partial charge is 0.191 e. The van der Waals surface area contributed by atoms with Gasteiger partial charge in [0, 0.05) is 45.7 Å². The Morgan fingerprint density at radius 1 is 1.23 bits per heavy atom. The first-order chi connectivity index (χ1) is 12.3. The molecule has 0 unspecified atom stereocenters. The van der Waals surface area contributed by atoms with E-state index in [4.69, 9.17) is 9.47 Å². The van der Waals surface area contributed by atoms with Crippen LogP contribution in [-0.2, 0) is 4.74 Å². The molecule has 1 saturated heterocycles. The summed E-state index contributed by atoms with van der Waals surface area (Å²) in [7, 11) is 0. The van der Waals surface area contributed by atoms with Crippen LogP contribution < -0.4 is 15.4 Å². The third kappa shape index (κ3) is 9.05. The van der Waals surface area contributed by atoms with Gasteiger partial charge in [0.1, 0.15) is 5.75 Å². The van der Waals surface area contributed by atoms with Crippen molar-refractivity contribution in [1.82, 2.24) is 15.5 Å². The highest BCUT2D eigenvalue weighted by Gasteiger charge is 2.09. The Bertz CT molecular complexity index is 522. The van der Waals surface area contributed by atoms with E-state index in [1.54, 1.807) is 0 Å². The molecule has 0 radical (unpaired) electrons. The third-order valence-electron chi connectivity index (χ3n) is 4.09. The number of aryl methyl sites for hydroxylation is 1. The van der Waals surface area contributed by atoms with E-state index in [2.05, 4.69) is 40.4 Å². The Kier molecular flexibility index (Phi) is 12.4. The molecule has 7 heteroatoms. The van der Waals surface area contributed by atoms with Crippen molar-refractivity contribution in [3.8, 4) is 5.75 Å². The summed E-state index contributed by atoms with van der Waals surface area (Å²) >= 11 is 0. The number of aliphatic imine (C=N–C) groups is 1. The summed E-state index contributed by atoms with van der Waals surface area (Å²) < 4.78 is 11.2. The number of benzene rings is 1. The maximum absolute atomic E-state index is 5.81. The molecule has 1 aliphatic rings. The van der Waals surface area contributed by atoms with Gasteiger partial charge in [-0.15, -0.1) is 24.0 Å². The molecule has 2 rings (SSSR count). The summed E-state index contributed by atoms with van der Waals surface area (Å²) in [4.78, 5) is 7.03. The second-order valence-corrected chi connectivity index (χ2v) is 6.11. The minimum atomic E-state index is 0. The average molecular weight is 476 g/mol. The fourth-order valence-electron chi connectivity index (χ4n) is 2.65. The Labute approximate surface area is 174 Å². The van der Waals surface area contributed by atoms with Crippen LogP contribution >= 0.6 is 24.0 Å². The van der Waals surface area contributed by atoms with Gasteiger partial charge in [-0.2, -0.15) is 0 Å². The summed E-state index contributed by atoms with van der Waals surface area (Å²) in [6.45, 7) is 12.1. The average Bonchev–Trinajstić information content (AvgIpc) is 2.64. The van der Waals surface area contributed by atoms with Crippen LogP contribution in [0.3, 0.4) is 0 Å². The lowest BCUT2D eigenvalue weighted by Gasteiger charge is -2.26. The van der Waals surface area contributed by atoms with E-state index in [0.717, 1.165) is 70.6 Å². The molecule has 2 N–H and O–H groups in total. The number of guanidine groups is 1. The predicted octanol–water partition coefficient (Wildman–Crippen LogP) is 2.27. The maximum Gasteiger partial charge on any atom is 0.191 e. The molecule has 0 atom stereocenters. The van der Waals surface area contributed by atoms with Crippen molar-refractivity contribution in [1.29, 1.82) is 0 Å². The number of hydrogen-bond acceptors (Lipinski definition) is 4. The topological polar surface area (TPSA) is 58.1 Å². The molecule has 6 nitrogen and oxygen atoms in total. The zero-order valence-corrected chi connectivity index (χ0v) is 18.3. The van der Waals surface area contributed by atoms with Crippen molar-refractivity contribution in [2.24, 2.45) is 4.99 Å². The molecule has 1 fully saturated rings. The lowest BCUT2D eigenvalue weighted by molar-refractivity contribution is 0.0389. The van der Waals surface area contributed by atoms with Crippen molar-refractivity contribution >= 4 is 29.9 Å². The number of ether oxygens (including phenoxy) is 2. The molecule has 148 valence electrons. The predicted molar refractivity (Wildman–Crippen MR) is 118 cm³/mol. The monoisotopic (exact) mass is 476 g/mol. The molecule has 0 amide bonds. The van der Waals surface area contributed by atoms with Crippen LogP contribution in [0.25, 0.3) is 0 Å². The van der Waals surface area contributed by atoms with E-state index >= 15 is 0 Å². The minimum absolute atomic E-state index is 0. The summed E-state index contributed by atoms with van der Waals surface area (Å²) in [6, 6.07) is 8.10. The van der Waals surface area contributed by atoms with Crippen molar-refractivity contribution in [2.75, 3.05) is 59.1 Å². The Morgan fingerprint density at radius 2 is 2.00 bits per heavy atom. The molecule has 1 aromatic rings. The van der Waals surface area contributed by atoms with Crippen LogP contribution in [0.2, 0.25) is 0 Å². The highest BCUT2D eigenvalue weighted by atomic mass is 127. The van der Waals surface area contributed by atoms with Gasteiger partial charge in [-0.25, -0.2) is 0 Å². The molecular weight excluding hydrogens is 443 g/mol. The third-order valence-corrected chi connectivity index (χ3v) is 4.09. The second kappa shape index (κ2) is 14.1. The van der Waals surface area contributed by atoms with Gasteiger partial charge < -0.3 is 20.1 Å². The zero-order valence-electron chi connectivity index (χ0n) is 16.0. The highest BCUT2D eigenvalue weighted by Crippen LogP contribution is 2.16. The number of nitrogens with one attached hydrogen (secondary N) is 2. The second-order valence-electron chi connectivity index (χ2n) is 6.11. The van der Waals surface area contributed by atoms with Gasteiger partial charge in [-0.3, -0.25) is 9.89 Å². The van der Waals surface area contributed by atoms with E-state index in [1.807, 2.05) is 18.2 Å². The summed E-state index contributed by atoms with van der Waals surface area (Å²) in [5.74, 6) is 1.84. The van der Waals surface area contributed by atoms with Crippen LogP contribution in [-0.4, -0.2) is 69.9 Å². The number of morpholine rings is 1. The van der Waals surface area contributed by atoms with Gasteiger partial charge in [0.15, 0.2) is 5.96 Å². The number of para-hydroxylation sites is 1. The van der Waals surface area contributed by atoms with E-state index < -0.39 is 0 Å². The Morgan fingerprint density at radius 3 is 2.73 bits per heavy atom. The molecule has 1 aromatic carbocycles. The lowest BCUT2D eigenvalue weighted by Crippen LogP contribution is -2.44. The van der Waals surface area contributed by atoms with Crippen LogP contribution in [0.4, 0.5) is 0 Å². The summed E-state index contributed by atoms with van der Waals surface area (Å²) in [6.07, 6.45) is 0.897. The maximum atomic E-state index is 5.81. The van der Waals surface area contributed by atoms with E-state index in [0.29, 0.717) is 6.61 Å². The largest absolute Gasteiger partial charge is 0.493 e.